The van der Waals surface area contributed by atoms with Crippen LogP contribution in [0.4, 0.5) is 4.79 Å². The first-order valence-corrected chi connectivity index (χ1v) is 7.93. The Kier molecular flexibility index (Phi) is 4.07. The molecule has 1 aromatic rings. The van der Waals surface area contributed by atoms with Crippen molar-refractivity contribution in [2.45, 2.75) is 32.7 Å². The minimum atomic E-state index is -0.311. The summed E-state index contributed by atoms with van der Waals surface area (Å²) in [5, 5.41) is 2.55. The number of aryl methyl sites for hydroxylation is 2. The molecule has 1 N–H and O–H groups in total. The Labute approximate surface area is 135 Å². The van der Waals surface area contributed by atoms with Gasteiger partial charge in [0, 0.05) is 24.7 Å². The van der Waals surface area contributed by atoms with Gasteiger partial charge in [0.05, 0.1) is 6.54 Å². The van der Waals surface area contributed by atoms with Gasteiger partial charge in [0.15, 0.2) is 0 Å². The summed E-state index contributed by atoms with van der Waals surface area (Å²) in [6.45, 7) is 5.17. The number of nitrogens with zero attached hydrogens (tertiary/aromatic N) is 2. The lowest BCUT2D eigenvalue weighted by Crippen LogP contribution is -2.49. The van der Waals surface area contributed by atoms with Crippen LogP contribution in [0.2, 0.25) is 0 Å². The minimum Gasteiger partial charge on any atom is -0.338 e. The van der Waals surface area contributed by atoms with E-state index in [1.807, 2.05) is 36.9 Å². The SMILES string of the molecule is Cc1cc(C)cc(C(=O)N2CCC(N3C(=O)CNC3=O)CC2)c1. The zero-order chi connectivity index (χ0) is 16.6. The lowest BCUT2D eigenvalue weighted by molar-refractivity contribution is -0.127. The molecule has 122 valence electrons. The molecule has 0 saturated carbocycles. The molecule has 0 spiro atoms. The summed E-state index contributed by atoms with van der Waals surface area (Å²) in [7, 11) is 0. The van der Waals surface area contributed by atoms with Crippen LogP contribution in [0.25, 0.3) is 0 Å². The van der Waals surface area contributed by atoms with Crippen molar-refractivity contribution >= 4 is 17.8 Å². The maximum absolute atomic E-state index is 12.6. The molecule has 2 heterocycles. The highest BCUT2D eigenvalue weighted by Crippen LogP contribution is 2.21. The third-order valence-corrected chi connectivity index (χ3v) is 4.46. The van der Waals surface area contributed by atoms with Gasteiger partial charge in [0.2, 0.25) is 5.91 Å². The van der Waals surface area contributed by atoms with Crippen molar-refractivity contribution in [3.8, 4) is 0 Å². The van der Waals surface area contributed by atoms with Gasteiger partial charge >= 0.3 is 6.03 Å². The highest BCUT2D eigenvalue weighted by molar-refractivity contribution is 6.02. The normalized spacial score (nSPS) is 19.2. The van der Waals surface area contributed by atoms with Crippen LogP contribution >= 0.6 is 0 Å². The van der Waals surface area contributed by atoms with Gasteiger partial charge in [0.1, 0.15) is 0 Å². The molecule has 6 nitrogen and oxygen atoms in total. The van der Waals surface area contributed by atoms with Gasteiger partial charge in [-0.25, -0.2) is 4.79 Å². The van der Waals surface area contributed by atoms with Gasteiger partial charge in [-0.1, -0.05) is 17.2 Å². The number of carbonyl (C=O) groups is 3. The Morgan fingerprint density at radius 2 is 1.70 bits per heavy atom. The molecule has 3 rings (SSSR count). The Bertz CT molecular complexity index is 627. The van der Waals surface area contributed by atoms with Crippen LogP contribution in [-0.2, 0) is 4.79 Å². The molecule has 0 bridgehead atoms. The van der Waals surface area contributed by atoms with E-state index in [0.29, 0.717) is 31.5 Å². The molecule has 1 aromatic carbocycles. The predicted molar refractivity (Wildman–Crippen MR) is 85.1 cm³/mol. The summed E-state index contributed by atoms with van der Waals surface area (Å²) in [5.74, 6) is -0.151. The monoisotopic (exact) mass is 315 g/mol. The molecule has 2 saturated heterocycles. The number of likely N-dealkylation sites (tertiary alicyclic amines) is 1. The zero-order valence-electron chi connectivity index (χ0n) is 13.5. The van der Waals surface area contributed by atoms with E-state index in [0.717, 1.165) is 11.1 Å². The quantitative estimate of drug-likeness (QED) is 0.840. The molecule has 2 fully saturated rings. The van der Waals surface area contributed by atoms with Crippen LogP contribution < -0.4 is 5.32 Å². The maximum Gasteiger partial charge on any atom is 0.324 e. The number of benzene rings is 1. The second-order valence-corrected chi connectivity index (χ2v) is 6.32. The summed E-state index contributed by atoms with van der Waals surface area (Å²) in [6.07, 6.45) is 1.27. The summed E-state index contributed by atoms with van der Waals surface area (Å²) in [4.78, 5) is 39.2. The predicted octanol–water partition coefficient (Wildman–Crippen LogP) is 1.46. The molecule has 0 radical (unpaired) electrons. The van der Waals surface area contributed by atoms with Gasteiger partial charge in [-0.2, -0.15) is 0 Å². The van der Waals surface area contributed by atoms with Gasteiger partial charge in [-0.05, 0) is 38.8 Å². The van der Waals surface area contributed by atoms with E-state index in [1.54, 1.807) is 0 Å². The molecule has 0 aliphatic carbocycles. The van der Waals surface area contributed by atoms with Crippen molar-refractivity contribution in [2.75, 3.05) is 19.6 Å². The van der Waals surface area contributed by atoms with Crippen molar-refractivity contribution in [3.05, 3.63) is 34.9 Å². The molecule has 0 atom stereocenters. The Morgan fingerprint density at radius 1 is 1.09 bits per heavy atom. The topological polar surface area (TPSA) is 69.7 Å². The van der Waals surface area contributed by atoms with Crippen molar-refractivity contribution < 1.29 is 14.4 Å². The van der Waals surface area contributed by atoms with E-state index < -0.39 is 0 Å². The van der Waals surface area contributed by atoms with Gasteiger partial charge in [-0.3, -0.25) is 14.5 Å². The Balaban J connectivity index is 1.65. The number of amides is 4. The zero-order valence-corrected chi connectivity index (χ0v) is 13.5. The molecule has 4 amide bonds. The van der Waals surface area contributed by atoms with Crippen LogP contribution in [0, 0.1) is 13.8 Å². The van der Waals surface area contributed by atoms with Gasteiger partial charge in [0.25, 0.3) is 5.91 Å². The molecule has 0 unspecified atom stereocenters. The molecule has 0 aromatic heterocycles. The minimum absolute atomic E-state index is 0.0208. The smallest absolute Gasteiger partial charge is 0.324 e. The summed E-state index contributed by atoms with van der Waals surface area (Å²) in [6, 6.07) is 5.43. The number of hydrogen-bond donors (Lipinski definition) is 1. The average Bonchev–Trinajstić information content (AvgIpc) is 2.85. The van der Waals surface area contributed by atoms with Crippen LogP contribution in [0.1, 0.15) is 34.3 Å². The number of carbonyl (C=O) groups excluding carboxylic acids is 3. The highest BCUT2D eigenvalue weighted by atomic mass is 16.2. The van der Waals surface area contributed by atoms with Crippen molar-refractivity contribution in [3.63, 3.8) is 0 Å². The second-order valence-electron chi connectivity index (χ2n) is 6.32. The molecule has 2 aliphatic rings. The summed E-state index contributed by atoms with van der Waals surface area (Å²) < 4.78 is 0. The van der Waals surface area contributed by atoms with E-state index in [1.165, 1.54) is 4.90 Å². The van der Waals surface area contributed by atoms with Gasteiger partial charge in [-0.15, -0.1) is 0 Å². The molecular formula is C17H21N3O3. The largest absolute Gasteiger partial charge is 0.338 e. The van der Waals surface area contributed by atoms with E-state index in [-0.39, 0.29) is 30.4 Å². The second kappa shape index (κ2) is 6.02. The molecule has 2 aliphatic heterocycles. The summed E-state index contributed by atoms with van der Waals surface area (Å²) in [5.41, 5.74) is 2.85. The van der Waals surface area contributed by atoms with E-state index in [4.69, 9.17) is 0 Å². The highest BCUT2D eigenvalue weighted by Gasteiger charge is 2.37. The average molecular weight is 315 g/mol. The van der Waals surface area contributed by atoms with Crippen LogP contribution in [0.3, 0.4) is 0 Å². The van der Waals surface area contributed by atoms with Crippen molar-refractivity contribution in [1.82, 2.24) is 15.1 Å². The lowest BCUT2D eigenvalue weighted by atomic mass is 10.0. The molecular weight excluding hydrogens is 294 g/mol. The molecule has 23 heavy (non-hydrogen) atoms. The summed E-state index contributed by atoms with van der Waals surface area (Å²) >= 11 is 0. The van der Waals surface area contributed by atoms with E-state index in [2.05, 4.69) is 5.32 Å². The number of hydrogen-bond acceptors (Lipinski definition) is 3. The Morgan fingerprint density at radius 3 is 2.22 bits per heavy atom. The Hall–Kier alpha value is -2.37. The van der Waals surface area contributed by atoms with Crippen LogP contribution in [0.15, 0.2) is 18.2 Å². The number of urea groups is 1. The van der Waals surface area contributed by atoms with E-state index >= 15 is 0 Å². The lowest BCUT2D eigenvalue weighted by Gasteiger charge is -2.35. The number of rotatable bonds is 2. The fourth-order valence-electron chi connectivity index (χ4n) is 3.41. The maximum atomic E-state index is 12.6. The number of nitrogens with one attached hydrogen (secondary N) is 1. The van der Waals surface area contributed by atoms with E-state index in [9.17, 15) is 14.4 Å². The van der Waals surface area contributed by atoms with Gasteiger partial charge < -0.3 is 10.2 Å². The first kappa shape index (κ1) is 15.5. The third kappa shape index (κ3) is 3.06. The van der Waals surface area contributed by atoms with Crippen LogP contribution in [0.5, 0.6) is 0 Å². The van der Waals surface area contributed by atoms with Crippen molar-refractivity contribution in [2.24, 2.45) is 0 Å². The number of piperidine rings is 1. The number of imide groups is 1. The fourth-order valence-corrected chi connectivity index (χ4v) is 3.41. The first-order valence-electron chi connectivity index (χ1n) is 7.93. The first-order chi connectivity index (χ1) is 11.0. The standard InChI is InChI=1S/C17H21N3O3/c1-11-7-12(2)9-13(8-11)16(22)19-5-3-14(4-6-19)20-15(21)10-18-17(20)23/h7-9,14H,3-6,10H2,1-2H3,(H,18,23). The molecule has 6 heteroatoms. The fraction of sp³-hybridized carbons (Fsp3) is 0.471. The van der Waals surface area contributed by atoms with Crippen LogP contribution in [-0.4, -0.2) is 53.3 Å². The van der Waals surface area contributed by atoms with Crippen molar-refractivity contribution in [1.29, 1.82) is 0 Å². The third-order valence-electron chi connectivity index (χ3n) is 4.46.